The minimum atomic E-state index is 0.491. The highest BCUT2D eigenvalue weighted by molar-refractivity contribution is 7.09. The predicted octanol–water partition coefficient (Wildman–Crippen LogP) is 3.36. The fourth-order valence-corrected chi connectivity index (χ4v) is 2.60. The number of hydrogen-bond acceptors (Lipinski definition) is 3. The topological polar surface area (TPSA) is 30.7 Å². The third kappa shape index (κ3) is 3.20. The third-order valence-electron chi connectivity index (χ3n) is 2.12. The SMILES string of the molecule is ClCc1csc(CCCn2cc(Cl)cn2)n1. The van der Waals surface area contributed by atoms with Gasteiger partial charge in [0, 0.05) is 24.5 Å². The Labute approximate surface area is 108 Å². The molecule has 2 rings (SSSR count). The minimum Gasteiger partial charge on any atom is -0.271 e. The summed E-state index contributed by atoms with van der Waals surface area (Å²) < 4.78 is 1.85. The molecule has 0 spiro atoms. The zero-order chi connectivity index (χ0) is 11.4. The largest absolute Gasteiger partial charge is 0.271 e. The lowest BCUT2D eigenvalue weighted by Gasteiger charge is -1.98. The molecule has 0 aliphatic heterocycles. The maximum Gasteiger partial charge on any atom is 0.0929 e. The molecule has 2 aromatic heterocycles. The van der Waals surface area contributed by atoms with E-state index in [4.69, 9.17) is 23.2 Å². The Kier molecular flexibility index (Phi) is 4.21. The van der Waals surface area contributed by atoms with Gasteiger partial charge in [-0.3, -0.25) is 4.68 Å². The van der Waals surface area contributed by atoms with Crippen LogP contribution in [-0.4, -0.2) is 14.8 Å². The number of nitrogens with zero attached hydrogens (tertiary/aromatic N) is 3. The van der Waals surface area contributed by atoms with Crippen LogP contribution in [0.25, 0.3) is 0 Å². The minimum absolute atomic E-state index is 0.491. The number of rotatable bonds is 5. The molecule has 6 heteroatoms. The zero-order valence-corrected chi connectivity index (χ0v) is 10.9. The lowest BCUT2D eigenvalue weighted by Crippen LogP contribution is -1.99. The first-order valence-corrected chi connectivity index (χ1v) is 6.74. The van der Waals surface area contributed by atoms with Gasteiger partial charge in [-0.15, -0.1) is 22.9 Å². The van der Waals surface area contributed by atoms with E-state index in [2.05, 4.69) is 10.1 Å². The van der Waals surface area contributed by atoms with Gasteiger partial charge in [0.25, 0.3) is 0 Å². The summed E-state index contributed by atoms with van der Waals surface area (Å²) >= 11 is 13.1. The molecule has 0 aliphatic rings. The van der Waals surface area contributed by atoms with E-state index < -0.39 is 0 Å². The summed E-state index contributed by atoms with van der Waals surface area (Å²) in [7, 11) is 0. The molecule has 16 heavy (non-hydrogen) atoms. The van der Waals surface area contributed by atoms with Gasteiger partial charge in [0.15, 0.2) is 0 Å². The molecular formula is C10H11Cl2N3S. The summed E-state index contributed by atoms with van der Waals surface area (Å²) in [5, 5.41) is 7.93. The van der Waals surface area contributed by atoms with Crippen molar-refractivity contribution >= 4 is 34.5 Å². The van der Waals surface area contributed by atoms with Crippen molar-refractivity contribution in [1.82, 2.24) is 14.8 Å². The Hall–Kier alpha value is -0.580. The van der Waals surface area contributed by atoms with Crippen molar-refractivity contribution in [3.8, 4) is 0 Å². The first-order valence-electron chi connectivity index (χ1n) is 4.95. The summed E-state index contributed by atoms with van der Waals surface area (Å²) in [4.78, 5) is 4.40. The number of hydrogen-bond donors (Lipinski definition) is 0. The van der Waals surface area contributed by atoms with E-state index in [1.807, 2.05) is 16.3 Å². The monoisotopic (exact) mass is 275 g/mol. The van der Waals surface area contributed by atoms with E-state index in [0.717, 1.165) is 30.1 Å². The zero-order valence-electron chi connectivity index (χ0n) is 8.57. The standard InChI is InChI=1S/C10H11Cl2N3S/c11-4-9-7-16-10(14-9)2-1-3-15-6-8(12)5-13-15/h5-7H,1-4H2. The Morgan fingerprint density at radius 2 is 2.31 bits per heavy atom. The second kappa shape index (κ2) is 5.66. The maximum absolute atomic E-state index is 5.77. The van der Waals surface area contributed by atoms with Crippen LogP contribution in [0, 0.1) is 0 Å². The summed E-state index contributed by atoms with van der Waals surface area (Å²) in [6.45, 7) is 0.864. The summed E-state index contributed by atoms with van der Waals surface area (Å²) in [5.74, 6) is 0.491. The fraction of sp³-hybridized carbons (Fsp3) is 0.400. The Morgan fingerprint density at radius 1 is 1.44 bits per heavy atom. The normalized spacial score (nSPS) is 10.9. The van der Waals surface area contributed by atoms with Crippen molar-refractivity contribution in [2.45, 2.75) is 25.3 Å². The van der Waals surface area contributed by atoms with Crippen molar-refractivity contribution in [2.75, 3.05) is 0 Å². The molecular weight excluding hydrogens is 265 g/mol. The van der Waals surface area contributed by atoms with Crippen LogP contribution in [-0.2, 0) is 18.8 Å². The summed E-state index contributed by atoms with van der Waals surface area (Å²) in [5.41, 5.74) is 0.962. The van der Waals surface area contributed by atoms with E-state index in [1.165, 1.54) is 0 Å². The Bertz CT molecular complexity index is 452. The molecule has 0 saturated heterocycles. The first kappa shape index (κ1) is 11.9. The quantitative estimate of drug-likeness (QED) is 0.784. The van der Waals surface area contributed by atoms with Gasteiger partial charge < -0.3 is 0 Å². The number of alkyl halides is 1. The molecule has 86 valence electrons. The third-order valence-corrected chi connectivity index (χ3v) is 3.54. The lowest BCUT2D eigenvalue weighted by molar-refractivity contribution is 0.578. The molecule has 0 aromatic carbocycles. The van der Waals surface area contributed by atoms with Gasteiger partial charge >= 0.3 is 0 Å². The molecule has 0 saturated carbocycles. The smallest absolute Gasteiger partial charge is 0.0929 e. The molecule has 0 bridgehead atoms. The maximum atomic E-state index is 5.77. The van der Waals surface area contributed by atoms with Crippen molar-refractivity contribution < 1.29 is 0 Å². The molecule has 0 atom stereocenters. The highest BCUT2D eigenvalue weighted by atomic mass is 35.5. The average Bonchev–Trinajstić information content (AvgIpc) is 2.88. The highest BCUT2D eigenvalue weighted by Gasteiger charge is 2.01. The number of aryl methyl sites for hydroxylation is 2. The fourth-order valence-electron chi connectivity index (χ4n) is 1.38. The molecule has 0 radical (unpaired) electrons. The van der Waals surface area contributed by atoms with E-state index in [0.29, 0.717) is 10.9 Å². The number of aromatic nitrogens is 3. The van der Waals surface area contributed by atoms with Crippen molar-refractivity contribution in [1.29, 1.82) is 0 Å². The van der Waals surface area contributed by atoms with Gasteiger partial charge in [-0.1, -0.05) is 11.6 Å². The predicted molar refractivity (Wildman–Crippen MR) is 67.2 cm³/mol. The summed E-state index contributed by atoms with van der Waals surface area (Å²) in [6, 6.07) is 0. The second-order valence-electron chi connectivity index (χ2n) is 3.39. The molecule has 0 fully saturated rings. The lowest BCUT2D eigenvalue weighted by atomic mass is 10.3. The molecule has 2 heterocycles. The van der Waals surface area contributed by atoms with Crippen LogP contribution in [0.5, 0.6) is 0 Å². The van der Waals surface area contributed by atoms with Gasteiger partial charge in [0.1, 0.15) is 0 Å². The van der Waals surface area contributed by atoms with E-state index in [1.54, 1.807) is 17.5 Å². The van der Waals surface area contributed by atoms with Crippen LogP contribution in [0.1, 0.15) is 17.1 Å². The van der Waals surface area contributed by atoms with Crippen LogP contribution in [0.2, 0.25) is 5.02 Å². The van der Waals surface area contributed by atoms with Gasteiger partial charge in [0.05, 0.1) is 27.8 Å². The average molecular weight is 276 g/mol. The van der Waals surface area contributed by atoms with E-state index >= 15 is 0 Å². The van der Waals surface area contributed by atoms with E-state index in [-0.39, 0.29) is 0 Å². The van der Waals surface area contributed by atoms with Crippen LogP contribution in [0.4, 0.5) is 0 Å². The van der Waals surface area contributed by atoms with Crippen LogP contribution >= 0.6 is 34.5 Å². The molecule has 0 aliphatic carbocycles. The first-order chi connectivity index (χ1) is 7.78. The molecule has 3 nitrogen and oxygen atoms in total. The van der Waals surface area contributed by atoms with Crippen molar-refractivity contribution in [3.63, 3.8) is 0 Å². The van der Waals surface area contributed by atoms with Crippen LogP contribution in [0.3, 0.4) is 0 Å². The van der Waals surface area contributed by atoms with Gasteiger partial charge in [-0.05, 0) is 6.42 Å². The molecule has 2 aromatic rings. The van der Waals surface area contributed by atoms with Crippen molar-refractivity contribution in [3.05, 3.63) is 33.5 Å². The van der Waals surface area contributed by atoms with Gasteiger partial charge in [0.2, 0.25) is 0 Å². The molecule has 0 N–H and O–H groups in total. The number of thiazole rings is 1. The molecule has 0 unspecified atom stereocenters. The van der Waals surface area contributed by atoms with E-state index in [9.17, 15) is 0 Å². The van der Waals surface area contributed by atoms with Crippen LogP contribution < -0.4 is 0 Å². The van der Waals surface area contributed by atoms with Gasteiger partial charge in [-0.25, -0.2) is 4.98 Å². The Morgan fingerprint density at radius 3 is 2.94 bits per heavy atom. The Balaban J connectivity index is 1.79. The highest BCUT2D eigenvalue weighted by Crippen LogP contribution is 2.14. The molecule has 0 amide bonds. The van der Waals surface area contributed by atoms with Crippen molar-refractivity contribution in [2.24, 2.45) is 0 Å². The summed E-state index contributed by atoms with van der Waals surface area (Å²) in [6.07, 6.45) is 5.44. The number of halogens is 2. The second-order valence-corrected chi connectivity index (χ2v) is 5.04. The van der Waals surface area contributed by atoms with Gasteiger partial charge in [-0.2, -0.15) is 5.10 Å². The van der Waals surface area contributed by atoms with Crippen LogP contribution in [0.15, 0.2) is 17.8 Å².